The molecule has 2 heterocycles. The van der Waals surface area contributed by atoms with Crippen LogP contribution in [0.15, 0.2) is 128 Å². The number of aryl methyl sites for hydroxylation is 2. The van der Waals surface area contributed by atoms with Crippen molar-refractivity contribution in [1.82, 2.24) is 15.0 Å². The molecule has 4 aromatic carbocycles. The summed E-state index contributed by atoms with van der Waals surface area (Å²) >= 11 is 0. The van der Waals surface area contributed by atoms with Gasteiger partial charge in [0.1, 0.15) is 0 Å². The highest BCUT2D eigenvalue weighted by atomic mass is 14.8. The molecular formula is C36H29N3. The van der Waals surface area contributed by atoms with Gasteiger partial charge in [-0.3, -0.25) is 4.98 Å². The van der Waals surface area contributed by atoms with Gasteiger partial charge in [0.25, 0.3) is 0 Å². The number of hydrogen-bond donors (Lipinski definition) is 0. The number of nitrogens with zero attached hydrogens (tertiary/aromatic N) is 3. The van der Waals surface area contributed by atoms with Crippen LogP contribution in [0.1, 0.15) is 22.3 Å². The number of aromatic nitrogens is 3. The average molecular weight is 504 g/mol. The standard InChI is InChI=1S/C36H29N3/c1-25-6-14-29(15-7-25)33-4-3-5-34(38-33)30-18-10-27(11-19-30)22-28-12-20-32(21-13-28)36-24-37-23-35(39-36)31-16-8-26(2)9-17-31/h3-21,23-24H,22H2,1-2H3. The Morgan fingerprint density at radius 1 is 0.410 bits per heavy atom. The minimum Gasteiger partial charge on any atom is -0.260 e. The summed E-state index contributed by atoms with van der Waals surface area (Å²) < 4.78 is 0. The van der Waals surface area contributed by atoms with E-state index in [1.54, 1.807) is 0 Å². The lowest BCUT2D eigenvalue weighted by Crippen LogP contribution is -1.92. The molecule has 0 aliphatic heterocycles. The molecule has 0 atom stereocenters. The molecule has 39 heavy (non-hydrogen) atoms. The largest absolute Gasteiger partial charge is 0.260 e. The van der Waals surface area contributed by atoms with Crippen molar-refractivity contribution in [3.63, 3.8) is 0 Å². The summed E-state index contributed by atoms with van der Waals surface area (Å²) in [6.45, 7) is 4.19. The Hall–Kier alpha value is -4.89. The molecule has 0 unspecified atom stereocenters. The molecule has 0 saturated heterocycles. The van der Waals surface area contributed by atoms with Crippen LogP contribution in [0.4, 0.5) is 0 Å². The van der Waals surface area contributed by atoms with Gasteiger partial charge >= 0.3 is 0 Å². The maximum atomic E-state index is 4.91. The third kappa shape index (κ3) is 5.68. The maximum Gasteiger partial charge on any atom is 0.0892 e. The second-order valence-corrected chi connectivity index (χ2v) is 10.0. The monoisotopic (exact) mass is 503 g/mol. The summed E-state index contributed by atoms with van der Waals surface area (Å²) in [4.78, 5) is 14.2. The molecule has 0 saturated carbocycles. The highest BCUT2D eigenvalue weighted by molar-refractivity contribution is 5.67. The van der Waals surface area contributed by atoms with Crippen molar-refractivity contribution >= 4 is 0 Å². The van der Waals surface area contributed by atoms with Gasteiger partial charge in [-0.2, -0.15) is 0 Å². The van der Waals surface area contributed by atoms with E-state index in [-0.39, 0.29) is 0 Å². The highest BCUT2D eigenvalue weighted by Crippen LogP contribution is 2.25. The van der Waals surface area contributed by atoms with Crippen molar-refractivity contribution in [2.24, 2.45) is 0 Å². The first kappa shape index (κ1) is 24.4. The van der Waals surface area contributed by atoms with Crippen LogP contribution < -0.4 is 0 Å². The van der Waals surface area contributed by atoms with Crippen molar-refractivity contribution in [2.45, 2.75) is 20.3 Å². The fraction of sp³-hybridized carbons (Fsp3) is 0.0833. The summed E-state index contributed by atoms with van der Waals surface area (Å²) in [6.07, 6.45) is 4.51. The lowest BCUT2D eigenvalue weighted by molar-refractivity contribution is 1.18. The van der Waals surface area contributed by atoms with E-state index in [4.69, 9.17) is 9.97 Å². The molecular weight excluding hydrogens is 474 g/mol. The molecule has 0 aliphatic rings. The molecule has 3 nitrogen and oxygen atoms in total. The Morgan fingerprint density at radius 3 is 1.21 bits per heavy atom. The predicted molar refractivity (Wildman–Crippen MR) is 160 cm³/mol. The van der Waals surface area contributed by atoms with E-state index in [0.29, 0.717) is 0 Å². The average Bonchev–Trinajstić information content (AvgIpc) is 2.99. The van der Waals surface area contributed by atoms with Gasteiger partial charge < -0.3 is 0 Å². The van der Waals surface area contributed by atoms with Gasteiger partial charge in [0, 0.05) is 22.3 Å². The zero-order chi connectivity index (χ0) is 26.6. The van der Waals surface area contributed by atoms with E-state index in [1.807, 2.05) is 12.4 Å². The van der Waals surface area contributed by atoms with Gasteiger partial charge in [-0.05, 0) is 43.5 Å². The van der Waals surface area contributed by atoms with Gasteiger partial charge in [-0.1, -0.05) is 114 Å². The summed E-state index contributed by atoms with van der Waals surface area (Å²) in [5.74, 6) is 0. The van der Waals surface area contributed by atoms with Crippen LogP contribution in [-0.2, 0) is 6.42 Å². The van der Waals surface area contributed by atoms with Crippen LogP contribution in [0.3, 0.4) is 0 Å². The fourth-order valence-corrected chi connectivity index (χ4v) is 4.67. The summed E-state index contributed by atoms with van der Waals surface area (Å²) in [5, 5.41) is 0. The van der Waals surface area contributed by atoms with Gasteiger partial charge in [0.2, 0.25) is 0 Å². The van der Waals surface area contributed by atoms with Gasteiger partial charge in [0.15, 0.2) is 0 Å². The van der Waals surface area contributed by atoms with Crippen LogP contribution >= 0.6 is 0 Å². The first-order valence-corrected chi connectivity index (χ1v) is 13.2. The number of benzene rings is 4. The first-order valence-electron chi connectivity index (χ1n) is 13.2. The summed E-state index contributed by atoms with van der Waals surface area (Å²) in [5.41, 5.74) is 13.1. The fourth-order valence-electron chi connectivity index (χ4n) is 4.67. The van der Waals surface area contributed by atoms with Gasteiger partial charge in [0.05, 0.1) is 35.2 Å². The molecule has 0 N–H and O–H groups in total. The van der Waals surface area contributed by atoms with Crippen LogP contribution in [0, 0.1) is 13.8 Å². The second kappa shape index (κ2) is 10.8. The van der Waals surface area contributed by atoms with Crippen molar-refractivity contribution in [3.05, 3.63) is 150 Å². The first-order chi connectivity index (χ1) is 19.1. The van der Waals surface area contributed by atoms with E-state index >= 15 is 0 Å². The lowest BCUT2D eigenvalue weighted by Gasteiger charge is -2.08. The molecule has 6 aromatic rings. The SMILES string of the molecule is Cc1ccc(-c2cccc(-c3ccc(Cc4ccc(-c5cncc(-c6ccc(C)cc6)n5)cc4)cc3)n2)cc1. The van der Waals surface area contributed by atoms with Gasteiger partial charge in [-0.15, -0.1) is 0 Å². The number of rotatable bonds is 6. The van der Waals surface area contributed by atoms with Crippen LogP contribution in [0.2, 0.25) is 0 Å². The minimum absolute atomic E-state index is 0.868. The summed E-state index contributed by atoms with van der Waals surface area (Å²) in [7, 11) is 0. The zero-order valence-electron chi connectivity index (χ0n) is 22.2. The Morgan fingerprint density at radius 2 is 0.769 bits per heavy atom. The molecule has 0 amide bonds. The van der Waals surface area contributed by atoms with E-state index in [1.165, 1.54) is 22.3 Å². The van der Waals surface area contributed by atoms with E-state index in [0.717, 1.165) is 51.5 Å². The highest BCUT2D eigenvalue weighted by Gasteiger charge is 2.07. The Kier molecular flexibility index (Phi) is 6.80. The third-order valence-corrected chi connectivity index (χ3v) is 6.99. The van der Waals surface area contributed by atoms with Crippen LogP contribution in [0.25, 0.3) is 45.0 Å². The molecule has 0 bridgehead atoms. The molecule has 3 heteroatoms. The van der Waals surface area contributed by atoms with Crippen molar-refractivity contribution in [1.29, 1.82) is 0 Å². The van der Waals surface area contributed by atoms with Crippen molar-refractivity contribution in [3.8, 4) is 45.0 Å². The smallest absolute Gasteiger partial charge is 0.0892 e. The number of pyridine rings is 1. The van der Waals surface area contributed by atoms with Crippen molar-refractivity contribution in [2.75, 3.05) is 0 Å². The predicted octanol–water partition coefficient (Wildman–Crippen LogP) is 8.75. The second-order valence-electron chi connectivity index (χ2n) is 10.0. The normalized spacial score (nSPS) is 10.9. The summed E-state index contributed by atoms with van der Waals surface area (Å²) in [6, 6.07) is 40.4. The van der Waals surface area contributed by atoms with E-state index in [2.05, 4.69) is 134 Å². The molecule has 2 aromatic heterocycles. The van der Waals surface area contributed by atoms with Crippen molar-refractivity contribution < 1.29 is 0 Å². The third-order valence-electron chi connectivity index (χ3n) is 6.99. The molecule has 0 aliphatic carbocycles. The quantitative estimate of drug-likeness (QED) is 0.228. The van der Waals surface area contributed by atoms with E-state index < -0.39 is 0 Å². The molecule has 0 spiro atoms. The molecule has 0 radical (unpaired) electrons. The molecule has 6 rings (SSSR count). The molecule has 0 fully saturated rings. The molecule has 188 valence electrons. The zero-order valence-corrected chi connectivity index (χ0v) is 22.2. The topological polar surface area (TPSA) is 38.7 Å². The Balaban J connectivity index is 1.15. The minimum atomic E-state index is 0.868. The lowest BCUT2D eigenvalue weighted by atomic mass is 10.0. The Labute approximate surface area is 229 Å². The Bertz CT molecular complexity index is 1570. The van der Waals surface area contributed by atoms with Gasteiger partial charge in [-0.25, -0.2) is 9.97 Å². The van der Waals surface area contributed by atoms with E-state index in [9.17, 15) is 0 Å². The maximum absolute atomic E-state index is 4.91. The van der Waals surface area contributed by atoms with Crippen LogP contribution in [0.5, 0.6) is 0 Å². The number of hydrogen-bond acceptors (Lipinski definition) is 3. The van der Waals surface area contributed by atoms with Crippen LogP contribution in [-0.4, -0.2) is 15.0 Å².